The van der Waals surface area contributed by atoms with Gasteiger partial charge in [0.2, 0.25) is 0 Å². The van der Waals surface area contributed by atoms with Crippen LogP contribution in [0.5, 0.6) is 0 Å². The van der Waals surface area contributed by atoms with E-state index in [9.17, 15) is 22.4 Å². The third-order valence-corrected chi connectivity index (χ3v) is 3.32. The Balaban J connectivity index is 2.58. The molecule has 1 nitrogen and oxygen atoms in total. The maximum Gasteiger partial charge on any atom is 0.420 e. The predicted molar refractivity (Wildman–Crippen MR) is 69.0 cm³/mol. The molecule has 0 N–H and O–H groups in total. The highest BCUT2D eigenvalue weighted by Crippen LogP contribution is 2.38. The Morgan fingerprint density at radius 2 is 1.60 bits per heavy atom. The SMILES string of the molecule is O=C(c1ccccc1)c1ccc(Br)c(C(F)(F)F)c1F. The van der Waals surface area contributed by atoms with Crippen molar-refractivity contribution in [2.24, 2.45) is 0 Å². The lowest BCUT2D eigenvalue weighted by Crippen LogP contribution is -2.14. The molecule has 0 atom stereocenters. The lowest BCUT2D eigenvalue weighted by atomic mass is 10.0. The van der Waals surface area contributed by atoms with Crippen LogP contribution in [0.2, 0.25) is 0 Å². The van der Waals surface area contributed by atoms with Crippen LogP contribution in [0.3, 0.4) is 0 Å². The van der Waals surface area contributed by atoms with Gasteiger partial charge in [0.1, 0.15) is 11.4 Å². The van der Waals surface area contributed by atoms with E-state index in [-0.39, 0.29) is 5.56 Å². The third kappa shape index (κ3) is 2.75. The molecule has 0 heterocycles. The number of rotatable bonds is 2. The molecule has 0 spiro atoms. The molecule has 0 saturated heterocycles. The van der Waals surface area contributed by atoms with Crippen LogP contribution in [0.25, 0.3) is 0 Å². The van der Waals surface area contributed by atoms with E-state index in [2.05, 4.69) is 15.9 Å². The van der Waals surface area contributed by atoms with Gasteiger partial charge in [-0.3, -0.25) is 4.79 Å². The normalized spacial score (nSPS) is 11.4. The van der Waals surface area contributed by atoms with Crippen LogP contribution in [0.1, 0.15) is 21.5 Å². The zero-order chi connectivity index (χ0) is 14.9. The number of hydrogen-bond acceptors (Lipinski definition) is 1. The first kappa shape index (κ1) is 14.7. The molecular weight excluding hydrogens is 340 g/mol. The smallest absolute Gasteiger partial charge is 0.288 e. The lowest BCUT2D eigenvalue weighted by molar-refractivity contribution is -0.140. The topological polar surface area (TPSA) is 17.1 Å². The summed E-state index contributed by atoms with van der Waals surface area (Å²) in [4.78, 5) is 12.0. The highest BCUT2D eigenvalue weighted by Gasteiger charge is 2.38. The Morgan fingerprint density at radius 3 is 2.15 bits per heavy atom. The van der Waals surface area contributed by atoms with Gasteiger partial charge in [0.25, 0.3) is 0 Å². The van der Waals surface area contributed by atoms with Crippen molar-refractivity contribution >= 4 is 21.7 Å². The molecule has 0 saturated carbocycles. The zero-order valence-corrected chi connectivity index (χ0v) is 11.4. The van der Waals surface area contributed by atoms with Crippen molar-refractivity contribution in [2.45, 2.75) is 6.18 Å². The number of ketones is 1. The van der Waals surface area contributed by atoms with Gasteiger partial charge in [-0.05, 0) is 12.1 Å². The van der Waals surface area contributed by atoms with Gasteiger partial charge >= 0.3 is 6.18 Å². The van der Waals surface area contributed by atoms with Crippen LogP contribution in [0, 0.1) is 5.82 Å². The summed E-state index contributed by atoms with van der Waals surface area (Å²) in [5, 5.41) is 0. The van der Waals surface area contributed by atoms with E-state index in [1.165, 1.54) is 12.1 Å². The van der Waals surface area contributed by atoms with Crippen molar-refractivity contribution in [3.8, 4) is 0 Å². The molecule has 0 amide bonds. The summed E-state index contributed by atoms with van der Waals surface area (Å²) in [6, 6.07) is 9.62. The quantitative estimate of drug-likeness (QED) is 0.561. The van der Waals surface area contributed by atoms with E-state index in [4.69, 9.17) is 0 Å². The second-order valence-electron chi connectivity index (χ2n) is 3.98. The summed E-state index contributed by atoms with van der Waals surface area (Å²) in [6.45, 7) is 0. The minimum Gasteiger partial charge on any atom is -0.288 e. The van der Waals surface area contributed by atoms with E-state index >= 15 is 0 Å². The van der Waals surface area contributed by atoms with E-state index in [1.54, 1.807) is 18.2 Å². The van der Waals surface area contributed by atoms with Crippen LogP contribution in [0.4, 0.5) is 17.6 Å². The number of alkyl halides is 3. The van der Waals surface area contributed by atoms with E-state index < -0.39 is 33.4 Å². The van der Waals surface area contributed by atoms with Crippen LogP contribution >= 0.6 is 15.9 Å². The molecule has 20 heavy (non-hydrogen) atoms. The van der Waals surface area contributed by atoms with Gasteiger partial charge < -0.3 is 0 Å². The maximum atomic E-state index is 14.0. The average molecular weight is 347 g/mol. The molecule has 0 aliphatic carbocycles. The maximum absolute atomic E-state index is 14.0. The highest BCUT2D eigenvalue weighted by molar-refractivity contribution is 9.10. The minimum atomic E-state index is -4.88. The average Bonchev–Trinajstić information content (AvgIpc) is 2.37. The number of carbonyl (C=O) groups is 1. The third-order valence-electron chi connectivity index (χ3n) is 2.66. The Kier molecular flexibility index (Phi) is 3.94. The predicted octanol–water partition coefficient (Wildman–Crippen LogP) is 4.84. The Labute approximate surface area is 120 Å². The summed E-state index contributed by atoms with van der Waals surface area (Å²) >= 11 is 2.65. The van der Waals surface area contributed by atoms with Gasteiger partial charge in [0.15, 0.2) is 5.78 Å². The molecule has 0 aliphatic rings. The van der Waals surface area contributed by atoms with Crippen LogP contribution in [-0.2, 0) is 6.18 Å². The van der Waals surface area contributed by atoms with Crippen LogP contribution in [-0.4, -0.2) is 5.78 Å². The molecule has 2 aromatic carbocycles. The first-order chi connectivity index (χ1) is 9.32. The van der Waals surface area contributed by atoms with Crippen LogP contribution in [0.15, 0.2) is 46.9 Å². The van der Waals surface area contributed by atoms with Crippen molar-refractivity contribution in [1.82, 2.24) is 0 Å². The summed E-state index contributed by atoms with van der Waals surface area (Å²) in [5.41, 5.74) is -1.95. The van der Waals surface area contributed by atoms with Gasteiger partial charge in [0, 0.05) is 10.0 Å². The van der Waals surface area contributed by atoms with Gasteiger partial charge in [-0.15, -0.1) is 0 Å². The van der Waals surface area contributed by atoms with Crippen molar-refractivity contribution in [2.75, 3.05) is 0 Å². The summed E-state index contributed by atoms with van der Waals surface area (Å²) in [5.74, 6) is -2.36. The van der Waals surface area contributed by atoms with E-state index in [0.29, 0.717) is 0 Å². The molecule has 0 fully saturated rings. The Bertz CT molecular complexity index is 650. The molecule has 6 heteroatoms. The van der Waals surface area contributed by atoms with Gasteiger partial charge in [-0.2, -0.15) is 13.2 Å². The van der Waals surface area contributed by atoms with E-state index in [0.717, 1.165) is 12.1 Å². The molecule has 0 aromatic heterocycles. The van der Waals surface area contributed by atoms with Crippen molar-refractivity contribution in [3.63, 3.8) is 0 Å². The lowest BCUT2D eigenvalue weighted by Gasteiger charge is -2.12. The number of carbonyl (C=O) groups excluding carboxylic acids is 1. The molecule has 0 radical (unpaired) electrons. The second-order valence-corrected chi connectivity index (χ2v) is 4.83. The number of halogens is 5. The Hall–Kier alpha value is -1.69. The first-order valence-electron chi connectivity index (χ1n) is 5.47. The number of hydrogen-bond donors (Lipinski definition) is 0. The fourth-order valence-electron chi connectivity index (χ4n) is 1.73. The van der Waals surface area contributed by atoms with Crippen molar-refractivity contribution < 1.29 is 22.4 Å². The van der Waals surface area contributed by atoms with Crippen LogP contribution < -0.4 is 0 Å². The fraction of sp³-hybridized carbons (Fsp3) is 0.0714. The molecule has 2 rings (SSSR count). The highest BCUT2D eigenvalue weighted by atomic mass is 79.9. The molecule has 0 aliphatic heterocycles. The molecular formula is C14H7BrF4O. The van der Waals surface area contributed by atoms with Crippen molar-refractivity contribution in [3.05, 3.63) is 69.4 Å². The fourth-order valence-corrected chi connectivity index (χ4v) is 2.26. The summed E-state index contributed by atoms with van der Waals surface area (Å²) in [6.07, 6.45) is -4.88. The Morgan fingerprint density at radius 1 is 1.00 bits per heavy atom. The summed E-state index contributed by atoms with van der Waals surface area (Å²) < 4.78 is 51.9. The molecule has 0 bridgehead atoms. The largest absolute Gasteiger partial charge is 0.420 e. The van der Waals surface area contributed by atoms with Gasteiger partial charge in [-0.1, -0.05) is 46.3 Å². The van der Waals surface area contributed by atoms with E-state index in [1.807, 2.05) is 0 Å². The first-order valence-corrected chi connectivity index (χ1v) is 6.26. The molecule has 0 unspecified atom stereocenters. The zero-order valence-electron chi connectivity index (χ0n) is 9.84. The van der Waals surface area contributed by atoms with Gasteiger partial charge in [0.05, 0.1) is 5.56 Å². The molecule has 104 valence electrons. The standard InChI is InChI=1S/C14H7BrF4O/c15-10-7-6-9(12(16)11(10)14(17,18)19)13(20)8-4-2-1-3-5-8/h1-7H. The minimum absolute atomic E-state index is 0.127. The molecule has 2 aromatic rings. The van der Waals surface area contributed by atoms with Crippen molar-refractivity contribution in [1.29, 1.82) is 0 Å². The van der Waals surface area contributed by atoms with Gasteiger partial charge in [-0.25, -0.2) is 4.39 Å². The summed E-state index contributed by atoms with van der Waals surface area (Å²) in [7, 11) is 0. The second kappa shape index (κ2) is 5.36. The monoisotopic (exact) mass is 346 g/mol. The number of benzene rings is 2.